The molecule has 5 nitrogen and oxygen atoms in total. The molecule has 3 rings (SSSR count). The Hall–Kier alpha value is -2.95. The maximum atomic E-state index is 13.6. The van der Waals surface area contributed by atoms with Crippen molar-refractivity contribution >= 4 is 22.4 Å². The zero-order valence-corrected chi connectivity index (χ0v) is 17.7. The first-order chi connectivity index (χ1) is 14.0. The second-order valence-electron chi connectivity index (χ2n) is 7.47. The van der Waals surface area contributed by atoms with E-state index in [-0.39, 0.29) is 11.5 Å². The van der Waals surface area contributed by atoms with Crippen LogP contribution in [0.4, 0.5) is 5.69 Å². The van der Waals surface area contributed by atoms with E-state index >= 15 is 0 Å². The van der Waals surface area contributed by atoms with Crippen LogP contribution in [0.3, 0.4) is 0 Å². The molecule has 2 aromatic carbocycles. The van der Waals surface area contributed by atoms with Gasteiger partial charge in [-0.1, -0.05) is 50.1 Å². The van der Waals surface area contributed by atoms with Crippen LogP contribution in [0.15, 0.2) is 47.3 Å². The van der Waals surface area contributed by atoms with Crippen molar-refractivity contribution in [2.75, 3.05) is 11.4 Å². The molecule has 1 amide bonds. The zero-order valence-electron chi connectivity index (χ0n) is 17.7. The number of benzene rings is 2. The Morgan fingerprint density at radius 2 is 1.76 bits per heavy atom. The van der Waals surface area contributed by atoms with E-state index in [1.165, 1.54) is 4.68 Å². The molecule has 0 bridgehead atoms. The topological polar surface area (TPSA) is 55.2 Å². The van der Waals surface area contributed by atoms with Crippen molar-refractivity contribution in [3.63, 3.8) is 0 Å². The molecule has 0 radical (unpaired) electrons. The lowest BCUT2D eigenvalue weighted by Crippen LogP contribution is -2.35. The molecular formula is C24H29N3O2. The summed E-state index contributed by atoms with van der Waals surface area (Å²) < 4.78 is 1.46. The van der Waals surface area contributed by atoms with Crippen LogP contribution in [0, 0.1) is 13.8 Å². The molecule has 0 saturated heterocycles. The minimum atomic E-state index is -0.179. The van der Waals surface area contributed by atoms with Crippen LogP contribution in [0.2, 0.25) is 0 Å². The monoisotopic (exact) mass is 391 g/mol. The van der Waals surface area contributed by atoms with Crippen LogP contribution in [-0.2, 0) is 6.54 Å². The van der Waals surface area contributed by atoms with Gasteiger partial charge in [0.1, 0.15) is 0 Å². The molecule has 0 N–H and O–H groups in total. The van der Waals surface area contributed by atoms with Crippen LogP contribution in [0.5, 0.6) is 0 Å². The summed E-state index contributed by atoms with van der Waals surface area (Å²) in [7, 11) is 0. The highest BCUT2D eigenvalue weighted by Gasteiger charge is 2.23. The summed E-state index contributed by atoms with van der Waals surface area (Å²) >= 11 is 0. The normalized spacial score (nSPS) is 11.0. The standard InChI is InChI=1S/C24H29N3O2/c1-5-7-10-15-27-23(28)20-12-9-8-11-19(20)22(25-27)24(29)26(6-2)21-16-17(3)13-14-18(21)4/h8-9,11-14,16H,5-7,10,15H2,1-4H3. The Kier molecular flexibility index (Phi) is 6.47. The van der Waals surface area contributed by atoms with Crippen molar-refractivity contribution in [1.29, 1.82) is 0 Å². The van der Waals surface area contributed by atoms with Crippen molar-refractivity contribution in [2.24, 2.45) is 0 Å². The fourth-order valence-electron chi connectivity index (χ4n) is 3.62. The van der Waals surface area contributed by atoms with Crippen molar-refractivity contribution < 1.29 is 4.79 Å². The van der Waals surface area contributed by atoms with E-state index in [1.54, 1.807) is 11.0 Å². The lowest BCUT2D eigenvalue weighted by atomic mass is 10.1. The molecule has 3 aromatic rings. The second-order valence-corrected chi connectivity index (χ2v) is 7.47. The molecule has 0 atom stereocenters. The molecule has 0 fully saturated rings. The maximum Gasteiger partial charge on any atom is 0.279 e. The van der Waals surface area contributed by atoms with Crippen molar-refractivity contribution in [2.45, 2.75) is 53.5 Å². The van der Waals surface area contributed by atoms with Gasteiger partial charge in [0.05, 0.1) is 5.39 Å². The first-order valence-corrected chi connectivity index (χ1v) is 10.4. The van der Waals surface area contributed by atoms with Crippen molar-refractivity contribution in [1.82, 2.24) is 9.78 Å². The molecule has 1 aromatic heterocycles. The molecule has 0 saturated carbocycles. The van der Waals surface area contributed by atoms with Gasteiger partial charge in [0.25, 0.3) is 11.5 Å². The van der Waals surface area contributed by atoms with Crippen LogP contribution in [-0.4, -0.2) is 22.2 Å². The highest BCUT2D eigenvalue weighted by Crippen LogP contribution is 2.24. The van der Waals surface area contributed by atoms with E-state index in [1.807, 2.05) is 57.2 Å². The number of aromatic nitrogens is 2. The van der Waals surface area contributed by atoms with Gasteiger partial charge in [-0.25, -0.2) is 4.68 Å². The predicted molar refractivity (Wildman–Crippen MR) is 119 cm³/mol. The van der Waals surface area contributed by atoms with Gasteiger partial charge in [-0.15, -0.1) is 0 Å². The minimum Gasteiger partial charge on any atom is -0.307 e. The van der Waals surface area contributed by atoms with Gasteiger partial charge in [0.15, 0.2) is 5.69 Å². The molecular weight excluding hydrogens is 362 g/mol. The number of carbonyl (C=O) groups excluding carboxylic acids is 1. The van der Waals surface area contributed by atoms with Crippen LogP contribution >= 0.6 is 0 Å². The van der Waals surface area contributed by atoms with Gasteiger partial charge in [-0.05, 0) is 50.5 Å². The predicted octanol–water partition coefficient (Wildman–Crippen LogP) is 4.87. The van der Waals surface area contributed by atoms with Gasteiger partial charge in [0, 0.05) is 24.2 Å². The molecule has 1 heterocycles. The van der Waals surface area contributed by atoms with Gasteiger partial charge in [0.2, 0.25) is 0 Å². The van der Waals surface area contributed by atoms with Gasteiger partial charge < -0.3 is 4.90 Å². The fraction of sp³-hybridized carbons (Fsp3) is 0.375. The number of aryl methyl sites for hydroxylation is 3. The Balaban J connectivity index is 2.13. The molecule has 0 aliphatic rings. The highest BCUT2D eigenvalue weighted by molar-refractivity contribution is 6.12. The number of unbranched alkanes of at least 4 members (excludes halogenated alkanes) is 2. The van der Waals surface area contributed by atoms with Gasteiger partial charge in [-0.3, -0.25) is 9.59 Å². The Labute approximate surface area is 172 Å². The van der Waals surface area contributed by atoms with Crippen LogP contribution < -0.4 is 10.5 Å². The molecule has 0 spiro atoms. The van der Waals surface area contributed by atoms with E-state index in [0.717, 1.165) is 36.1 Å². The Morgan fingerprint density at radius 1 is 1.03 bits per heavy atom. The first kappa shape index (κ1) is 20.8. The van der Waals surface area contributed by atoms with Crippen LogP contribution in [0.1, 0.15) is 54.7 Å². The van der Waals surface area contributed by atoms with E-state index in [4.69, 9.17) is 0 Å². The molecule has 5 heteroatoms. The third-order valence-corrected chi connectivity index (χ3v) is 5.26. The smallest absolute Gasteiger partial charge is 0.279 e. The molecule has 0 aliphatic carbocycles. The molecule has 29 heavy (non-hydrogen) atoms. The Morgan fingerprint density at radius 3 is 2.45 bits per heavy atom. The summed E-state index contributed by atoms with van der Waals surface area (Å²) in [4.78, 5) is 28.2. The lowest BCUT2D eigenvalue weighted by molar-refractivity contribution is 0.0982. The van der Waals surface area contributed by atoms with E-state index in [2.05, 4.69) is 12.0 Å². The molecule has 0 unspecified atom stereocenters. The van der Waals surface area contributed by atoms with Crippen LogP contribution in [0.25, 0.3) is 10.8 Å². The zero-order chi connectivity index (χ0) is 21.0. The molecule has 0 aliphatic heterocycles. The third-order valence-electron chi connectivity index (χ3n) is 5.26. The van der Waals surface area contributed by atoms with Crippen molar-refractivity contribution in [3.8, 4) is 0 Å². The number of fused-ring (bicyclic) bond motifs is 1. The largest absolute Gasteiger partial charge is 0.307 e. The minimum absolute atomic E-state index is 0.136. The number of hydrogen-bond acceptors (Lipinski definition) is 3. The summed E-state index contributed by atoms with van der Waals surface area (Å²) in [5.41, 5.74) is 3.21. The van der Waals surface area contributed by atoms with Gasteiger partial charge in [-0.2, -0.15) is 5.10 Å². The highest BCUT2D eigenvalue weighted by atomic mass is 16.2. The number of rotatable bonds is 7. The first-order valence-electron chi connectivity index (χ1n) is 10.4. The average Bonchev–Trinajstić information content (AvgIpc) is 2.73. The second kappa shape index (κ2) is 9.03. The average molecular weight is 392 g/mol. The van der Waals surface area contributed by atoms with E-state index in [0.29, 0.717) is 29.6 Å². The molecule has 152 valence electrons. The summed E-state index contributed by atoms with van der Waals surface area (Å²) in [5, 5.41) is 5.68. The van der Waals surface area contributed by atoms with E-state index < -0.39 is 0 Å². The Bertz CT molecular complexity index is 1090. The van der Waals surface area contributed by atoms with E-state index in [9.17, 15) is 9.59 Å². The number of hydrogen-bond donors (Lipinski definition) is 0. The van der Waals surface area contributed by atoms with Gasteiger partial charge >= 0.3 is 0 Å². The summed E-state index contributed by atoms with van der Waals surface area (Å²) in [6.07, 6.45) is 2.95. The third kappa shape index (κ3) is 4.24. The summed E-state index contributed by atoms with van der Waals surface area (Å²) in [6, 6.07) is 13.4. The number of anilines is 1. The quantitative estimate of drug-likeness (QED) is 0.540. The number of carbonyl (C=O) groups is 1. The summed E-state index contributed by atoms with van der Waals surface area (Å²) in [6.45, 7) is 9.14. The fourth-order valence-corrected chi connectivity index (χ4v) is 3.62. The number of nitrogens with zero attached hydrogens (tertiary/aromatic N) is 3. The SMILES string of the molecule is CCCCCn1nc(C(=O)N(CC)c2cc(C)ccc2C)c2ccccc2c1=O. The summed E-state index contributed by atoms with van der Waals surface area (Å²) in [5.74, 6) is -0.179. The number of amides is 1. The van der Waals surface area contributed by atoms with Crippen molar-refractivity contribution in [3.05, 3.63) is 69.6 Å². The lowest BCUT2D eigenvalue weighted by Gasteiger charge is -2.24. The maximum absolute atomic E-state index is 13.6.